The fourth-order valence-corrected chi connectivity index (χ4v) is 1.21. The van der Waals surface area contributed by atoms with Gasteiger partial charge in [0, 0.05) is 32.9 Å². The van der Waals surface area contributed by atoms with Gasteiger partial charge >= 0.3 is 5.97 Å². The van der Waals surface area contributed by atoms with E-state index in [0.29, 0.717) is 25.2 Å². The molecular formula is C11H19NO4. The lowest BCUT2D eigenvalue weighted by molar-refractivity contribution is -0.140. The normalized spacial score (nSPS) is 14.1. The molecule has 0 aromatic carbocycles. The Hall–Kier alpha value is -1.39. The van der Waals surface area contributed by atoms with Crippen LogP contribution in [0.3, 0.4) is 0 Å². The average molecular weight is 229 g/mol. The summed E-state index contributed by atoms with van der Waals surface area (Å²) < 4.78 is 4.34. The van der Waals surface area contributed by atoms with Gasteiger partial charge in [-0.15, -0.1) is 0 Å². The lowest BCUT2D eigenvalue weighted by Gasteiger charge is -2.03. The predicted molar refractivity (Wildman–Crippen MR) is 58.8 cm³/mol. The van der Waals surface area contributed by atoms with E-state index in [1.807, 2.05) is 7.05 Å². The number of unbranched alkanes of at least 4 members (excludes halogenated alkanes) is 1. The molecule has 0 aromatic rings. The smallest absolute Gasteiger partial charge is 0.305 e. The van der Waals surface area contributed by atoms with Crippen LogP contribution >= 0.6 is 0 Å². The van der Waals surface area contributed by atoms with E-state index in [2.05, 4.69) is 4.74 Å². The van der Waals surface area contributed by atoms with E-state index in [4.69, 9.17) is 0 Å². The SMILES string of the molecule is CN1CCCC1=O.COC(=O)CCCC=O. The van der Waals surface area contributed by atoms with E-state index in [0.717, 1.165) is 25.7 Å². The van der Waals surface area contributed by atoms with Gasteiger partial charge in [0.25, 0.3) is 0 Å². The van der Waals surface area contributed by atoms with E-state index in [1.165, 1.54) is 7.11 Å². The number of carbonyl (C=O) groups excluding carboxylic acids is 3. The number of carbonyl (C=O) groups is 3. The molecule has 1 saturated heterocycles. The van der Waals surface area contributed by atoms with Gasteiger partial charge in [0.05, 0.1) is 7.11 Å². The third-order valence-electron chi connectivity index (χ3n) is 2.24. The molecule has 1 fully saturated rings. The molecule has 0 radical (unpaired) electrons. The Bertz CT molecular complexity index is 240. The zero-order valence-electron chi connectivity index (χ0n) is 9.90. The first-order chi connectivity index (χ1) is 7.61. The second kappa shape index (κ2) is 8.88. The van der Waals surface area contributed by atoms with Crippen LogP contribution in [0.2, 0.25) is 0 Å². The third-order valence-corrected chi connectivity index (χ3v) is 2.24. The fraction of sp³-hybridized carbons (Fsp3) is 0.727. The Morgan fingerprint density at radius 2 is 2.25 bits per heavy atom. The number of aldehydes is 1. The molecular weight excluding hydrogens is 210 g/mol. The van der Waals surface area contributed by atoms with E-state index in [-0.39, 0.29) is 5.97 Å². The molecule has 5 heteroatoms. The summed E-state index contributed by atoms with van der Waals surface area (Å²) in [6.45, 7) is 0.957. The van der Waals surface area contributed by atoms with Crippen LogP contribution in [0.25, 0.3) is 0 Å². The maximum atomic E-state index is 10.5. The zero-order chi connectivity index (χ0) is 12.4. The molecule has 0 aromatic heterocycles. The Morgan fingerprint density at radius 1 is 1.56 bits per heavy atom. The molecule has 0 N–H and O–H groups in total. The number of esters is 1. The van der Waals surface area contributed by atoms with Crippen molar-refractivity contribution in [2.75, 3.05) is 20.7 Å². The van der Waals surface area contributed by atoms with Crippen LogP contribution in [-0.4, -0.2) is 43.8 Å². The van der Waals surface area contributed by atoms with Crippen LogP contribution < -0.4 is 0 Å². The molecule has 1 rings (SSSR count). The highest BCUT2D eigenvalue weighted by molar-refractivity contribution is 5.77. The van der Waals surface area contributed by atoms with E-state index in [1.54, 1.807) is 4.90 Å². The number of hydrogen-bond donors (Lipinski definition) is 0. The zero-order valence-corrected chi connectivity index (χ0v) is 9.90. The highest BCUT2D eigenvalue weighted by atomic mass is 16.5. The molecule has 0 saturated carbocycles. The maximum absolute atomic E-state index is 10.5. The highest BCUT2D eigenvalue weighted by Crippen LogP contribution is 2.04. The van der Waals surface area contributed by atoms with Gasteiger partial charge in [-0.2, -0.15) is 0 Å². The number of likely N-dealkylation sites (tertiary alicyclic amines) is 1. The number of methoxy groups -OCH3 is 1. The summed E-state index contributed by atoms with van der Waals surface area (Å²) in [6.07, 6.45) is 3.98. The molecule has 0 atom stereocenters. The van der Waals surface area contributed by atoms with Crippen LogP contribution in [0.15, 0.2) is 0 Å². The van der Waals surface area contributed by atoms with Crippen molar-refractivity contribution < 1.29 is 19.1 Å². The Labute approximate surface area is 95.7 Å². The van der Waals surface area contributed by atoms with Crippen molar-refractivity contribution in [1.29, 1.82) is 0 Å². The molecule has 0 unspecified atom stereocenters. The topological polar surface area (TPSA) is 63.7 Å². The minimum Gasteiger partial charge on any atom is -0.469 e. The molecule has 5 nitrogen and oxygen atoms in total. The van der Waals surface area contributed by atoms with Gasteiger partial charge in [-0.1, -0.05) is 0 Å². The first-order valence-electron chi connectivity index (χ1n) is 5.36. The molecule has 0 spiro atoms. The maximum Gasteiger partial charge on any atom is 0.305 e. The van der Waals surface area contributed by atoms with E-state index < -0.39 is 0 Å². The summed E-state index contributed by atoms with van der Waals surface area (Å²) in [5.74, 6) is 0.0388. The molecule has 1 aliphatic rings. The second-order valence-electron chi connectivity index (χ2n) is 3.55. The van der Waals surface area contributed by atoms with E-state index in [9.17, 15) is 14.4 Å². The lowest BCUT2D eigenvalue weighted by Crippen LogP contribution is -2.17. The van der Waals surface area contributed by atoms with Crippen LogP contribution in [0, 0.1) is 0 Å². The largest absolute Gasteiger partial charge is 0.469 e. The summed E-state index contributed by atoms with van der Waals surface area (Å²) >= 11 is 0. The average Bonchev–Trinajstić information content (AvgIpc) is 2.64. The Kier molecular flexibility index (Phi) is 8.11. The van der Waals surface area contributed by atoms with Crippen molar-refractivity contribution in [1.82, 2.24) is 4.90 Å². The summed E-state index contributed by atoms with van der Waals surface area (Å²) in [6, 6.07) is 0. The first kappa shape index (κ1) is 14.6. The van der Waals surface area contributed by atoms with Crippen molar-refractivity contribution in [3.8, 4) is 0 Å². The minimum atomic E-state index is -0.253. The van der Waals surface area contributed by atoms with Gasteiger partial charge in [0.2, 0.25) is 5.91 Å². The molecule has 1 aliphatic heterocycles. The third kappa shape index (κ3) is 6.98. The highest BCUT2D eigenvalue weighted by Gasteiger charge is 2.14. The summed E-state index contributed by atoms with van der Waals surface area (Å²) in [5, 5.41) is 0. The Balaban J connectivity index is 0.000000288. The van der Waals surface area contributed by atoms with Gasteiger partial charge in [0.15, 0.2) is 0 Å². The van der Waals surface area contributed by atoms with Crippen molar-refractivity contribution in [3.05, 3.63) is 0 Å². The van der Waals surface area contributed by atoms with Gasteiger partial charge < -0.3 is 14.4 Å². The van der Waals surface area contributed by atoms with Gasteiger partial charge in [0.1, 0.15) is 6.29 Å². The quantitative estimate of drug-likeness (QED) is 0.406. The number of rotatable bonds is 4. The number of ether oxygens (including phenoxy) is 1. The van der Waals surface area contributed by atoms with Crippen LogP contribution in [0.4, 0.5) is 0 Å². The lowest BCUT2D eigenvalue weighted by atomic mass is 10.2. The molecule has 1 heterocycles. The number of amides is 1. The first-order valence-corrected chi connectivity index (χ1v) is 5.36. The molecule has 1 amide bonds. The van der Waals surface area contributed by atoms with Crippen LogP contribution in [0.1, 0.15) is 32.1 Å². The van der Waals surface area contributed by atoms with Crippen LogP contribution in [-0.2, 0) is 19.1 Å². The van der Waals surface area contributed by atoms with Crippen molar-refractivity contribution in [2.24, 2.45) is 0 Å². The minimum absolute atomic E-state index is 0.253. The second-order valence-corrected chi connectivity index (χ2v) is 3.55. The van der Waals surface area contributed by atoms with Crippen molar-refractivity contribution in [3.63, 3.8) is 0 Å². The summed E-state index contributed by atoms with van der Waals surface area (Å²) in [4.78, 5) is 32.3. The number of hydrogen-bond acceptors (Lipinski definition) is 4. The van der Waals surface area contributed by atoms with Gasteiger partial charge in [-0.25, -0.2) is 0 Å². The van der Waals surface area contributed by atoms with E-state index >= 15 is 0 Å². The van der Waals surface area contributed by atoms with Gasteiger partial charge in [-0.3, -0.25) is 9.59 Å². The predicted octanol–water partition coefficient (Wildman–Crippen LogP) is 0.767. The molecule has 0 aliphatic carbocycles. The van der Waals surface area contributed by atoms with Crippen molar-refractivity contribution in [2.45, 2.75) is 32.1 Å². The summed E-state index contributed by atoms with van der Waals surface area (Å²) in [7, 11) is 3.18. The monoisotopic (exact) mass is 229 g/mol. The molecule has 16 heavy (non-hydrogen) atoms. The van der Waals surface area contributed by atoms with Crippen LogP contribution in [0.5, 0.6) is 0 Å². The fourth-order valence-electron chi connectivity index (χ4n) is 1.21. The van der Waals surface area contributed by atoms with Gasteiger partial charge in [-0.05, 0) is 12.8 Å². The number of nitrogens with zero attached hydrogens (tertiary/aromatic N) is 1. The summed E-state index contributed by atoms with van der Waals surface area (Å²) in [5.41, 5.74) is 0. The Morgan fingerprint density at radius 3 is 2.56 bits per heavy atom. The standard InChI is InChI=1S/C6H10O3.C5H9NO/c1-9-6(8)4-2-3-5-7;1-6-4-2-3-5(6)7/h5H,2-4H2,1H3;2-4H2,1H3. The molecule has 0 bridgehead atoms. The van der Waals surface area contributed by atoms with Crippen molar-refractivity contribution >= 4 is 18.2 Å². The molecule has 92 valence electrons.